The molecule has 0 bridgehead atoms. The summed E-state index contributed by atoms with van der Waals surface area (Å²) in [5.41, 5.74) is 2.60. The van der Waals surface area contributed by atoms with Gasteiger partial charge in [0, 0.05) is 35.5 Å². The van der Waals surface area contributed by atoms with E-state index < -0.39 is 0 Å². The Morgan fingerprint density at radius 2 is 2.05 bits per heavy atom. The fraction of sp³-hybridized carbons (Fsp3) is 0.200. The summed E-state index contributed by atoms with van der Waals surface area (Å²) < 4.78 is 1.01. The van der Waals surface area contributed by atoms with Crippen LogP contribution in [0.25, 0.3) is 0 Å². The molecule has 0 unspecified atom stereocenters. The van der Waals surface area contributed by atoms with Crippen LogP contribution in [0.4, 0.5) is 0 Å². The minimum absolute atomic E-state index is 0.00116. The van der Waals surface area contributed by atoms with Crippen molar-refractivity contribution in [2.24, 2.45) is 0 Å². The lowest BCUT2D eigenvalue weighted by Crippen LogP contribution is -2.26. The quantitative estimate of drug-likeness (QED) is 0.868. The van der Waals surface area contributed by atoms with E-state index in [2.05, 4.69) is 20.9 Å². The van der Waals surface area contributed by atoms with E-state index in [0.29, 0.717) is 12.1 Å². The van der Waals surface area contributed by atoms with E-state index in [1.807, 2.05) is 31.2 Å². The lowest BCUT2D eigenvalue weighted by Gasteiger charge is -2.18. The summed E-state index contributed by atoms with van der Waals surface area (Å²) in [4.78, 5) is 18.1. The van der Waals surface area contributed by atoms with E-state index >= 15 is 0 Å². The maximum absolute atomic E-state index is 12.3. The average Bonchev–Trinajstić information content (AvgIpc) is 2.40. The third kappa shape index (κ3) is 3.41. The molecule has 1 amide bonds. The molecule has 1 aromatic carbocycles. The fourth-order valence-corrected chi connectivity index (χ4v) is 2.26. The standard InChI is InChI=1S/C15H15BrN2O/c1-11-9-12(7-8-17-11)15(19)18(2)10-13-5-3-4-6-14(13)16/h3-9H,10H2,1-2H3. The van der Waals surface area contributed by atoms with Gasteiger partial charge >= 0.3 is 0 Å². The zero-order chi connectivity index (χ0) is 13.8. The van der Waals surface area contributed by atoms with Crippen molar-refractivity contribution >= 4 is 21.8 Å². The number of hydrogen-bond acceptors (Lipinski definition) is 2. The first-order chi connectivity index (χ1) is 9.08. The summed E-state index contributed by atoms with van der Waals surface area (Å²) in [6.07, 6.45) is 1.66. The smallest absolute Gasteiger partial charge is 0.254 e. The molecule has 0 saturated heterocycles. The number of carbonyl (C=O) groups is 1. The van der Waals surface area contributed by atoms with Crippen LogP contribution in [-0.4, -0.2) is 22.8 Å². The predicted octanol–water partition coefficient (Wildman–Crippen LogP) is 3.42. The van der Waals surface area contributed by atoms with Crippen LogP contribution in [0.1, 0.15) is 21.6 Å². The molecule has 0 radical (unpaired) electrons. The molecular weight excluding hydrogens is 304 g/mol. The van der Waals surface area contributed by atoms with E-state index in [1.54, 1.807) is 30.3 Å². The number of rotatable bonds is 3. The van der Waals surface area contributed by atoms with Crippen LogP contribution in [0.2, 0.25) is 0 Å². The Bertz CT molecular complexity index is 598. The largest absolute Gasteiger partial charge is 0.337 e. The lowest BCUT2D eigenvalue weighted by molar-refractivity contribution is 0.0784. The molecule has 2 rings (SSSR count). The Morgan fingerprint density at radius 3 is 2.74 bits per heavy atom. The summed E-state index contributed by atoms with van der Waals surface area (Å²) >= 11 is 3.49. The van der Waals surface area contributed by atoms with Crippen LogP contribution in [-0.2, 0) is 6.54 Å². The number of hydrogen-bond donors (Lipinski definition) is 0. The summed E-state index contributed by atoms with van der Waals surface area (Å²) in [6.45, 7) is 2.45. The molecule has 0 aliphatic rings. The highest BCUT2D eigenvalue weighted by Gasteiger charge is 2.13. The Hall–Kier alpha value is -1.68. The number of pyridine rings is 1. The van der Waals surface area contributed by atoms with Crippen molar-refractivity contribution in [1.82, 2.24) is 9.88 Å². The van der Waals surface area contributed by atoms with Crippen molar-refractivity contribution in [2.45, 2.75) is 13.5 Å². The normalized spacial score (nSPS) is 10.3. The molecule has 3 nitrogen and oxygen atoms in total. The second-order valence-corrected chi connectivity index (χ2v) is 5.29. The first-order valence-corrected chi connectivity index (χ1v) is 6.79. The van der Waals surface area contributed by atoms with Crippen LogP contribution in [0.3, 0.4) is 0 Å². The maximum Gasteiger partial charge on any atom is 0.254 e. The molecule has 19 heavy (non-hydrogen) atoms. The topological polar surface area (TPSA) is 33.2 Å². The van der Waals surface area contributed by atoms with Gasteiger partial charge < -0.3 is 4.90 Å². The zero-order valence-electron chi connectivity index (χ0n) is 10.9. The Balaban J connectivity index is 2.14. The van der Waals surface area contributed by atoms with Gasteiger partial charge in [0.15, 0.2) is 0 Å². The van der Waals surface area contributed by atoms with Gasteiger partial charge in [0.05, 0.1) is 0 Å². The second kappa shape index (κ2) is 5.97. The fourth-order valence-electron chi connectivity index (χ4n) is 1.85. The van der Waals surface area contributed by atoms with Gasteiger partial charge in [-0.3, -0.25) is 9.78 Å². The molecule has 98 valence electrons. The highest BCUT2D eigenvalue weighted by Crippen LogP contribution is 2.18. The number of aryl methyl sites for hydroxylation is 1. The Labute approximate surface area is 121 Å². The highest BCUT2D eigenvalue weighted by atomic mass is 79.9. The molecular formula is C15H15BrN2O. The zero-order valence-corrected chi connectivity index (χ0v) is 12.5. The summed E-state index contributed by atoms with van der Waals surface area (Å²) in [5.74, 6) is 0.00116. The van der Waals surface area contributed by atoms with Gasteiger partial charge in [-0.15, -0.1) is 0 Å². The van der Waals surface area contributed by atoms with Crippen molar-refractivity contribution < 1.29 is 4.79 Å². The summed E-state index contributed by atoms with van der Waals surface area (Å²) in [7, 11) is 1.80. The van der Waals surface area contributed by atoms with E-state index in [0.717, 1.165) is 15.7 Å². The highest BCUT2D eigenvalue weighted by molar-refractivity contribution is 9.10. The van der Waals surface area contributed by atoms with Crippen LogP contribution in [0.15, 0.2) is 47.1 Å². The molecule has 1 heterocycles. The average molecular weight is 319 g/mol. The molecule has 0 aliphatic heterocycles. The Kier molecular flexibility index (Phi) is 4.32. The number of halogens is 1. The third-order valence-electron chi connectivity index (χ3n) is 2.86. The van der Waals surface area contributed by atoms with Crippen molar-refractivity contribution in [3.05, 3.63) is 63.9 Å². The summed E-state index contributed by atoms with van der Waals surface area (Å²) in [6, 6.07) is 11.5. The van der Waals surface area contributed by atoms with Gasteiger partial charge in [0.2, 0.25) is 0 Å². The minimum atomic E-state index is 0.00116. The van der Waals surface area contributed by atoms with E-state index in [9.17, 15) is 4.79 Å². The lowest BCUT2D eigenvalue weighted by atomic mass is 10.2. The van der Waals surface area contributed by atoms with E-state index in [4.69, 9.17) is 0 Å². The van der Waals surface area contributed by atoms with Crippen LogP contribution in [0.5, 0.6) is 0 Å². The molecule has 1 aromatic heterocycles. The molecule has 4 heteroatoms. The molecule has 0 atom stereocenters. The Morgan fingerprint density at radius 1 is 1.32 bits per heavy atom. The molecule has 0 N–H and O–H groups in total. The number of amides is 1. The second-order valence-electron chi connectivity index (χ2n) is 4.44. The predicted molar refractivity (Wildman–Crippen MR) is 78.9 cm³/mol. The van der Waals surface area contributed by atoms with Crippen LogP contribution < -0.4 is 0 Å². The third-order valence-corrected chi connectivity index (χ3v) is 3.63. The number of nitrogens with zero attached hydrogens (tertiary/aromatic N) is 2. The van der Waals surface area contributed by atoms with E-state index in [1.165, 1.54) is 0 Å². The molecule has 2 aromatic rings. The van der Waals surface area contributed by atoms with Gasteiger partial charge in [0.25, 0.3) is 5.91 Å². The van der Waals surface area contributed by atoms with Crippen LogP contribution in [0, 0.1) is 6.92 Å². The van der Waals surface area contributed by atoms with Gasteiger partial charge in [-0.1, -0.05) is 34.1 Å². The van der Waals surface area contributed by atoms with Gasteiger partial charge in [-0.25, -0.2) is 0 Å². The first-order valence-electron chi connectivity index (χ1n) is 5.99. The van der Waals surface area contributed by atoms with Crippen molar-refractivity contribution in [3.8, 4) is 0 Å². The molecule has 0 spiro atoms. The van der Waals surface area contributed by atoms with Crippen molar-refractivity contribution in [2.75, 3.05) is 7.05 Å². The van der Waals surface area contributed by atoms with Gasteiger partial charge in [0.1, 0.15) is 0 Å². The maximum atomic E-state index is 12.3. The van der Waals surface area contributed by atoms with Crippen LogP contribution >= 0.6 is 15.9 Å². The van der Waals surface area contributed by atoms with Gasteiger partial charge in [-0.05, 0) is 30.7 Å². The molecule has 0 saturated carbocycles. The van der Waals surface area contributed by atoms with Gasteiger partial charge in [-0.2, -0.15) is 0 Å². The summed E-state index contributed by atoms with van der Waals surface area (Å²) in [5, 5.41) is 0. The van der Waals surface area contributed by atoms with E-state index in [-0.39, 0.29) is 5.91 Å². The van der Waals surface area contributed by atoms with Crippen molar-refractivity contribution in [3.63, 3.8) is 0 Å². The number of carbonyl (C=O) groups excluding carboxylic acids is 1. The number of aromatic nitrogens is 1. The SMILES string of the molecule is Cc1cc(C(=O)N(C)Cc2ccccc2Br)ccn1. The minimum Gasteiger partial charge on any atom is -0.337 e. The molecule has 0 aliphatic carbocycles. The van der Waals surface area contributed by atoms with Crippen molar-refractivity contribution in [1.29, 1.82) is 0 Å². The first kappa shape index (κ1) is 13.7. The number of benzene rings is 1. The monoisotopic (exact) mass is 318 g/mol. The molecule has 0 fully saturated rings.